The molecule has 0 bridgehead atoms. The van der Waals surface area contributed by atoms with E-state index in [0.29, 0.717) is 16.9 Å². The maximum Gasteiger partial charge on any atom is 0.234 e. The third kappa shape index (κ3) is 5.26. The van der Waals surface area contributed by atoms with Gasteiger partial charge in [0, 0.05) is 16.9 Å². The van der Waals surface area contributed by atoms with E-state index >= 15 is 0 Å². The quantitative estimate of drug-likeness (QED) is 0.338. The Morgan fingerprint density at radius 1 is 0.970 bits per heavy atom. The molecule has 0 spiro atoms. The number of hydrogen-bond donors (Lipinski definition) is 1. The molecule has 3 aromatic carbocycles. The first-order valence-corrected chi connectivity index (χ1v) is 11.7. The Hall–Kier alpha value is -3.58. The van der Waals surface area contributed by atoms with E-state index in [-0.39, 0.29) is 11.7 Å². The van der Waals surface area contributed by atoms with Crippen LogP contribution in [0.5, 0.6) is 5.75 Å². The molecule has 0 aliphatic carbocycles. The Morgan fingerprint density at radius 3 is 2.36 bits per heavy atom. The Kier molecular flexibility index (Phi) is 7.10. The van der Waals surface area contributed by atoms with Crippen LogP contribution in [0.1, 0.15) is 25.3 Å². The van der Waals surface area contributed by atoms with Gasteiger partial charge in [0.25, 0.3) is 0 Å². The van der Waals surface area contributed by atoms with Crippen LogP contribution in [0.2, 0.25) is 0 Å². The van der Waals surface area contributed by atoms with Gasteiger partial charge in [-0.3, -0.25) is 9.36 Å². The number of hydrogen-bond acceptors (Lipinski definition) is 5. The number of nitrogens with one attached hydrogen (secondary N) is 1. The van der Waals surface area contributed by atoms with E-state index in [1.54, 1.807) is 7.11 Å². The van der Waals surface area contributed by atoms with Gasteiger partial charge >= 0.3 is 0 Å². The first-order valence-electron chi connectivity index (χ1n) is 10.7. The second-order valence-corrected chi connectivity index (χ2v) is 8.73. The van der Waals surface area contributed by atoms with Gasteiger partial charge in [-0.05, 0) is 53.9 Å². The number of ether oxygens (including phenoxy) is 1. The molecule has 33 heavy (non-hydrogen) atoms. The Balaban J connectivity index is 1.58. The van der Waals surface area contributed by atoms with Crippen molar-refractivity contribution in [3.63, 3.8) is 0 Å². The van der Waals surface area contributed by atoms with Crippen LogP contribution in [0.25, 0.3) is 17.1 Å². The molecule has 1 aromatic heterocycles. The highest BCUT2D eigenvalue weighted by Gasteiger charge is 2.18. The summed E-state index contributed by atoms with van der Waals surface area (Å²) in [6.45, 7) is 4.23. The summed E-state index contributed by atoms with van der Waals surface area (Å²) in [4.78, 5) is 12.8. The molecule has 0 aliphatic heterocycles. The van der Waals surface area contributed by atoms with Crippen LogP contribution in [-0.2, 0) is 4.79 Å². The molecule has 1 amide bonds. The highest BCUT2D eigenvalue weighted by Crippen LogP contribution is 2.29. The fourth-order valence-corrected chi connectivity index (χ4v) is 4.28. The van der Waals surface area contributed by atoms with Gasteiger partial charge in [0.05, 0.1) is 12.9 Å². The molecule has 1 N–H and O–H groups in total. The van der Waals surface area contributed by atoms with Gasteiger partial charge in [-0.15, -0.1) is 10.2 Å². The highest BCUT2D eigenvalue weighted by atomic mass is 32.2. The average Bonchev–Trinajstić information content (AvgIpc) is 3.27. The number of para-hydroxylation sites is 2. The summed E-state index contributed by atoms with van der Waals surface area (Å²) in [6.07, 6.45) is 0. The highest BCUT2D eigenvalue weighted by molar-refractivity contribution is 7.99. The summed E-state index contributed by atoms with van der Waals surface area (Å²) in [7, 11) is 1.64. The van der Waals surface area contributed by atoms with Crippen molar-refractivity contribution in [3.05, 3.63) is 84.4 Å². The van der Waals surface area contributed by atoms with Crippen molar-refractivity contribution >= 4 is 23.4 Å². The summed E-state index contributed by atoms with van der Waals surface area (Å²) in [6, 6.07) is 25.5. The molecule has 168 valence electrons. The molecule has 0 saturated heterocycles. The molecule has 1 heterocycles. The number of rotatable bonds is 8. The zero-order valence-corrected chi connectivity index (χ0v) is 19.7. The minimum Gasteiger partial charge on any atom is -0.497 e. The van der Waals surface area contributed by atoms with E-state index in [9.17, 15) is 4.79 Å². The lowest BCUT2D eigenvalue weighted by Gasteiger charge is -2.14. The molecule has 0 fully saturated rings. The fourth-order valence-electron chi connectivity index (χ4n) is 3.53. The second-order valence-electron chi connectivity index (χ2n) is 7.78. The van der Waals surface area contributed by atoms with Gasteiger partial charge in [-0.2, -0.15) is 0 Å². The first kappa shape index (κ1) is 22.6. The predicted molar refractivity (Wildman–Crippen MR) is 133 cm³/mol. The molecule has 0 saturated carbocycles. The molecule has 0 unspecified atom stereocenters. The minimum absolute atomic E-state index is 0.0818. The Labute approximate surface area is 198 Å². The standard InChI is InChI=1S/C26H26N4O2S/c1-18(2)22-11-7-8-12-23(22)27-24(31)17-33-26-29-28-25(19-13-15-21(32-3)16-14-19)30(26)20-9-5-4-6-10-20/h4-16,18H,17H2,1-3H3,(H,27,31). The van der Waals surface area contributed by atoms with Crippen molar-refractivity contribution < 1.29 is 9.53 Å². The number of aromatic nitrogens is 3. The number of anilines is 1. The number of methoxy groups -OCH3 is 1. The second kappa shape index (κ2) is 10.4. The number of thioether (sulfide) groups is 1. The summed E-state index contributed by atoms with van der Waals surface area (Å²) < 4.78 is 7.24. The molecule has 0 atom stereocenters. The SMILES string of the molecule is COc1ccc(-c2nnc(SCC(=O)Nc3ccccc3C(C)C)n2-c2ccccc2)cc1. The minimum atomic E-state index is -0.0818. The molecule has 0 radical (unpaired) electrons. The summed E-state index contributed by atoms with van der Waals surface area (Å²) in [5.74, 6) is 1.94. The fraction of sp³-hybridized carbons (Fsp3) is 0.192. The van der Waals surface area contributed by atoms with Crippen LogP contribution in [0.4, 0.5) is 5.69 Å². The van der Waals surface area contributed by atoms with Gasteiger partial charge < -0.3 is 10.1 Å². The monoisotopic (exact) mass is 458 g/mol. The van der Waals surface area contributed by atoms with Crippen molar-refractivity contribution in [2.75, 3.05) is 18.2 Å². The zero-order chi connectivity index (χ0) is 23.2. The van der Waals surface area contributed by atoms with Gasteiger partial charge in [0.2, 0.25) is 5.91 Å². The number of carbonyl (C=O) groups excluding carboxylic acids is 1. The normalized spacial score (nSPS) is 10.9. The van der Waals surface area contributed by atoms with Crippen molar-refractivity contribution in [1.82, 2.24) is 14.8 Å². The van der Waals surface area contributed by atoms with E-state index in [1.807, 2.05) is 83.4 Å². The van der Waals surface area contributed by atoms with Crippen molar-refractivity contribution in [3.8, 4) is 22.8 Å². The molecule has 0 aliphatic rings. The van der Waals surface area contributed by atoms with Gasteiger partial charge in [0.1, 0.15) is 5.75 Å². The maximum absolute atomic E-state index is 12.8. The third-order valence-electron chi connectivity index (χ3n) is 5.19. The van der Waals surface area contributed by atoms with E-state index in [2.05, 4.69) is 29.4 Å². The van der Waals surface area contributed by atoms with Crippen LogP contribution in [0.15, 0.2) is 84.0 Å². The Morgan fingerprint density at radius 2 is 1.67 bits per heavy atom. The molecule has 4 aromatic rings. The molecule has 7 heteroatoms. The smallest absolute Gasteiger partial charge is 0.234 e. The van der Waals surface area contributed by atoms with Crippen molar-refractivity contribution in [2.24, 2.45) is 0 Å². The largest absolute Gasteiger partial charge is 0.497 e. The summed E-state index contributed by atoms with van der Waals surface area (Å²) in [5, 5.41) is 12.5. The van der Waals surface area contributed by atoms with Crippen LogP contribution >= 0.6 is 11.8 Å². The van der Waals surface area contributed by atoms with Crippen molar-refractivity contribution in [2.45, 2.75) is 24.9 Å². The molecular weight excluding hydrogens is 432 g/mol. The first-order chi connectivity index (χ1) is 16.1. The average molecular weight is 459 g/mol. The van der Waals surface area contributed by atoms with Crippen LogP contribution in [0, 0.1) is 0 Å². The van der Waals surface area contributed by atoms with E-state index in [1.165, 1.54) is 11.8 Å². The lowest BCUT2D eigenvalue weighted by molar-refractivity contribution is -0.113. The molecule has 6 nitrogen and oxygen atoms in total. The third-order valence-corrected chi connectivity index (χ3v) is 6.11. The summed E-state index contributed by atoms with van der Waals surface area (Å²) in [5.41, 5.74) is 3.81. The van der Waals surface area contributed by atoms with Crippen molar-refractivity contribution in [1.29, 1.82) is 0 Å². The number of nitrogens with zero attached hydrogens (tertiary/aromatic N) is 3. The lowest BCUT2D eigenvalue weighted by atomic mass is 10.0. The van der Waals surface area contributed by atoms with Crippen LogP contribution in [0.3, 0.4) is 0 Å². The van der Waals surface area contributed by atoms with Crippen LogP contribution in [-0.4, -0.2) is 33.5 Å². The van der Waals surface area contributed by atoms with Gasteiger partial charge in [-0.1, -0.05) is 62.0 Å². The molecule has 4 rings (SSSR count). The summed E-state index contributed by atoms with van der Waals surface area (Å²) >= 11 is 1.36. The number of amides is 1. The predicted octanol–water partition coefficient (Wildman–Crippen LogP) is 5.80. The van der Waals surface area contributed by atoms with Gasteiger partial charge in [-0.25, -0.2) is 0 Å². The van der Waals surface area contributed by atoms with E-state index < -0.39 is 0 Å². The van der Waals surface area contributed by atoms with E-state index in [0.717, 1.165) is 28.3 Å². The number of carbonyl (C=O) groups is 1. The van der Waals surface area contributed by atoms with Crippen LogP contribution < -0.4 is 10.1 Å². The van der Waals surface area contributed by atoms with E-state index in [4.69, 9.17) is 4.74 Å². The Bertz CT molecular complexity index is 1220. The maximum atomic E-state index is 12.8. The molecular formula is C26H26N4O2S. The van der Waals surface area contributed by atoms with Gasteiger partial charge in [0.15, 0.2) is 11.0 Å². The zero-order valence-electron chi connectivity index (χ0n) is 18.9. The number of benzene rings is 3. The lowest BCUT2D eigenvalue weighted by Crippen LogP contribution is -2.16. The topological polar surface area (TPSA) is 69.0 Å².